The average Bonchev–Trinajstić information content (AvgIpc) is 3.20. The fraction of sp³-hybridized carbons (Fsp3) is 0.360. The second-order valence-corrected chi connectivity index (χ2v) is 9.22. The largest absolute Gasteiger partial charge is 0.496 e. The first-order valence-electron chi connectivity index (χ1n) is 10.8. The van der Waals surface area contributed by atoms with Crippen LogP contribution in [-0.2, 0) is 13.5 Å². The van der Waals surface area contributed by atoms with Crippen LogP contribution in [-0.4, -0.2) is 37.9 Å². The van der Waals surface area contributed by atoms with E-state index in [0.29, 0.717) is 6.42 Å². The fourth-order valence-electron chi connectivity index (χ4n) is 3.42. The number of fused-ring (bicyclic) bond motifs is 1. The van der Waals surface area contributed by atoms with E-state index in [1.54, 1.807) is 18.0 Å². The maximum absolute atomic E-state index is 5.68. The molecule has 0 amide bonds. The van der Waals surface area contributed by atoms with Gasteiger partial charge >= 0.3 is 0 Å². The fourth-order valence-corrected chi connectivity index (χ4v) is 3.42. The van der Waals surface area contributed by atoms with E-state index >= 15 is 0 Å². The van der Waals surface area contributed by atoms with E-state index in [4.69, 9.17) is 9.72 Å². The zero-order valence-electron chi connectivity index (χ0n) is 19.5. The number of aromatic nitrogens is 5. The molecule has 0 radical (unpaired) electrons. The molecular weight excluding hydrogens is 400 g/mol. The van der Waals surface area contributed by atoms with Gasteiger partial charge in [0, 0.05) is 54.6 Å². The Kier molecular flexibility index (Phi) is 5.82. The summed E-state index contributed by atoms with van der Waals surface area (Å²) >= 11 is 0. The summed E-state index contributed by atoms with van der Waals surface area (Å²) in [7, 11) is 3.60. The van der Waals surface area contributed by atoms with Crippen molar-refractivity contribution in [2.45, 2.75) is 40.2 Å². The predicted molar refractivity (Wildman–Crippen MR) is 128 cm³/mol. The van der Waals surface area contributed by atoms with Crippen molar-refractivity contribution < 1.29 is 4.74 Å². The molecule has 4 rings (SSSR count). The minimum Gasteiger partial charge on any atom is -0.496 e. The van der Waals surface area contributed by atoms with Gasteiger partial charge in [-0.3, -0.25) is 4.68 Å². The van der Waals surface area contributed by atoms with Crippen LogP contribution in [0.3, 0.4) is 0 Å². The molecule has 0 aliphatic heterocycles. The summed E-state index contributed by atoms with van der Waals surface area (Å²) in [4.78, 5) is 14.0. The van der Waals surface area contributed by atoms with Crippen molar-refractivity contribution in [1.29, 1.82) is 0 Å². The molecule has 0 bridgehead atoms. The molecule has 166 valence electrons. The van der Waals surface area contributed by atoms with E-state index in [1.807, 2.05) is 37.8 Å². The first-order valence-corrected chi connectivity index (χ1v) is 10.8. The van der Waals surface area contributed by atoms with Crippen LogP contribution in [0.5, 0.6) is 5.75 Å². The molecule has 7 nitrogen and oxygen atoms in total. The standard InChI is InChI=1S/C25H30N6O/c1-16(25(2,3)4)29-24-23-19(9-10-26-24)13-27-22(30-23)12-18-8-7-17(11-21(18)32-6)20-14-28-31(5)15-20/h7-11,13-16H,12H2,1-6H3,(H,26,29)/t16-/m0/s1. The van der Waals surface area contributed by atoms with Crippen molar-refractivity contribution >= 4 is 16.7 Å². The lowest BCUT2D eigenvalue weighted by Crippen LogP contribution is -2.31. The Balaban J connectivity index is 1.65. The van der Waals surface area contributed by atoms with E-state index in [0.717, 1.165) is 45.0 Å². The Morgan fingerprint density at radius 3 is 2.59 bits per heavy atom. The minimum absolute atomic E-state index is 0.100. The third-order valence-electron chi connectivity index (χ3n) is 5.88. The van der Waals surface area contributed by atoms with Crippen molar-refractivity contribution in [3.05, 3.63) is 60.4 Å². The molecule has 0 fully saturated rings. The molecule has 1 atom stereocenters. The lowest BCUT2D eigenvalue weighted by molar-refractivity contribution is 0.359. The van der Waals surface area contributed by atoms with E-state index in [1.165, 1.54) is 0 Å². The molecule has 0 unspecified atom stereocenters. The number of nitrogens with one attached hydrogen (secondary N) is 1. The van der Waals surface area contributed by atoms with Crippen molar-refractivity contribution in [2.75, 3.05) is 12.4 Å². The smallest absolute Gasteiger partial charge is 0.152 e. The van der Waals surface area contributed by atoms with E-state index < -0.39 is 0 Å². The van der Waals surface area contributed by atoms with Gasteiger partial charge in [-0.15, -0.1) is 0 Å². The molecular formula is C25H30N6O. The number of benzene rings is 1. The summed E-state index contributed by atoms with van der Waals surface area (Å²) in [5.41, 5.74) is 4.07. The van der Waals surface area contributed by atoms with Crippen molar-refractivity contribution in [2.24, 2.45) is 12.5 Å². The van der Waals surface area contributed by atoms with Crippen LogP contribution in [0.15, 0.2) is 49.1 Å². The third kappa shape index (κ3) is 4.56. The highest BCUT2D eigenvalue weighted by Gasteiger charge is 2.21. The highest BCUT2D eigenvalue weighted by atomic mass is 16.5. The molecule has 1 aromatic carbocycles. The zero-order valence-corrected chi connectivity index (χ0v) is 19.5. The normalized spacial score (nSPS) is 12.7. The van der Waals surface area contributed by atoms with Crippen LogP contribution in [0.4, 0.5) is 5.82 Å². The maximum Gasteiger partial charge on any atom is 0.152 e. The predicted octanol–water partition coefficient (Wildman–Crippen LogP) is 4.87. The monoisotopic (exact) mass is 430 g/mol. The summed E-state index contributed by atoms with van der Waals surface area (Å²) in [6.45, 7) is 8.78. The van der Waals surface area contributed by atoms with Gasteiger partial charge in [-0.25, -0.2) is 15.0 Å². The van der Waals surface area contributed by atoms with Crippen LogP contribution in [0.1, 0.15) is 39.1 Å². The van der Waals surface area contributed by atoms with Crippen molar-refractivity contribution in [1.82, 2.24) is 24.7 Å². The van der Waals surface area contributed by atoms with Gasteiger partial charge in [0.2, 0.25) is 0 Å². The number of aryl methyl sites for hydroxylation is 1. The number of ether oxygens (including phenoxy) is 1. The second-order valence-electron chi connectivity index (χ2n) is 9.22. The van der Waals surface area contributed by atoms with Crippen LogP contribution < -0.4 is 10.1 Å². The second kappa shape index (κ2) is 8.57. The van der Waals surface area contributed by atoms with E-state index in [2.05, 4.69) is 60.2 Å². The molecule has 0 saturated heterocycles. The van der Waals surface area contributed by atoms with Gasteiger partial charge < -0.3 is 10.1 Å². The SMILES string of the molecule is COc1cc(-c2cnn(C)c2)ccc1Cc1ncc2ccnc(N[C@@H](C)C(C)(C)C)c2n1. The zero-order chi connectivity index (χ0) is 22.9. The summed E-state index contributed by atoms with van der Waals surface area (Å²) < 4.78 is 7.47. The van der Waals surface area contributed by atoms with Gasteiger partial charge in [0.15, 0.2) is 5.82 Å². The first kappa shape index (κ1) is 21.7. The Morgan fingerprint density at radius 1 is 1.09 bits per heavy atom. The minimum atomic E-state index is 0.100. The number of anilines is 1. The quantitative estimate of drug-likeness (QED) is 0.470. The Bertz CT molecular complexity index is 1240. The number of rotatable bonds is 6. The Morgan fingerprint density at radius 2 is 1.91 bits per heavy atom. The summed E-state index contributed by atoms with van der Waals surface area (Å²) in [5.74, 6) is 2.32. The highest BCUT2D eigenvalue weighted by Crippen LogP contribution is 2.29. The Labute approximate surface area is 188 Å². The van der Waals surface area contributed by atoms with E-state index in [-0.39, 0.29) is 11.5 Å². The third-order valence-corrected chi connectivity index (χ3v) is 5.88. The molecule has 3 heterocycles. The number of nitrogens with zero attached hydrogens (tertiary/aromatic N) is 5. The van der Waals surface area contributed by atoms with Gasteiger partial charge in [-0.05, 0) is 30.0 Å². The number of pyridine rings is 1. The van der Waals surface area contributed by atoms with Gasteiger partial charge in [-0.1, -0.05) is 32.9 Å². The average molecular weight is 431 g/mol. The summed E-state index contributed by atoms with van der Waals surface area (Å²) in [5, 5.41) is 8.75. The van der Waals surface area contributed by atoms with E-state index in [9.17, 15) is 0 Å². The topological polar surface area (TPSA) is 77.8 Å². The lowest BCUT2D eigenvalue weighted by Gasteiger charge is -2.28. The van der Waals surface area contributed by atoms with Crippen LogP contribution in [0, 0.1) is 5.41 Å². The molecule has 4 aromatic rings. The number of hydrogen-bond acceptors (Lipinski definition) is 6. The van der Waals surface area contributed by atoms with Gasteiger partial charge in [-0.2, -0.15) is 5.10 Å². The molecule has 3 aromatic heterocycles. The lowest BCUT2D eigenvalue weighted by atomic mass is 9.88. The highest BCUT2D eigenvalue weighted by molar-refractivity contribution is 5.87. The molecule has 7 heteroatoms. The first-order chi connectivity index (χ1) is 15.2. The molecule has 32 heavy (non-hydrogen) atoms. The van der Waals surface area contributed by atoms with Crippen LogP contribution >= 0.6 is 0 Å². The van der Waals surface area contributed by atoms with Crippen molar-refractivity contribution in [3.8, 4) is 16.9 Å². The maximum atomic E-state index is 5.68. The molecule has 0 aliphatic carbocycles. The summed E-state index contributed by atoms with van der Waals surface area (Å²) in [6, 6.07) is 8.36. The molecule has 1 N–H and O–H groups in total. The van der Waals surface area contributed by atoms with Gasteiger partial charge in [0.25, 0.3) is 0 Å². The van der Waals surface area contributed by atoms with Gasteiger partial charge in [0.05, 0.1) is 13.3 Å². The molecule has 0 saturated carbocycles. The van der Waals surface area contributed by atoms with Crippen LogP contribution in [0.2, 0.25) is 0 Å². The van der Waals surface area contributed by atoms with Crippen molar-refractivity contribution in [3.63, 3.8) is 0 Å². The molecule has 0 aliphatic rings. The number of hydrogen-bond donors (Lipinski definition) is 1. The number of methoxy groups -OCH3 is 1. The van der Waals surface area contributed by atoms with Gasteiger partial charge in [0.1, 0.15) is 17.1 Å². The van der Waals surface area contributed by atoms with Crippen LogP contribution in [0.25, 0.3) is 22.0 Å². The Hall–Kier alpha value is -3.48. The summed E-state index contributed by atoms with van der Waals surface area (Å²) in [6.07, 6.45) is 8.06. The molecule has 0 spiro atoms.